The summed E-state index contributed by atoms with van der Waals surface area (Å²) in [5.41, 5.74) is 6.63. The van der Waals surface area contributed by atoms with Gasteiger partial charge in [-0.1, -0.05) is 0 Å². The molecule has 0 heterocycles. The lowest BCUT2D eigenvalue weighted by molar-refractivity contribution is 0.255. The van der Waals surface area contributed by atoms with Gasteiger partial charge in [0.1, 0.15) is 11.6 Å². The summed E-state index contributed by atoms with van der Waals surface area (Å²) in [5.74, 6) is 1.44. The van der Waals surface area contributed by atoms with Gasteiger partial charge in [-0.25, -0.2) is 4.39 Å². The predicted molar refractivity (Wildman–Crippen MR) is 57.5 cm³/mol. The molecule has 1 saturated carbocycles. The molecule has 1 fully saturated rings. The van der Waals surface area contributed by atoms with E-state index in [1.165, 1.54) is 6.07 Å². The van der Waals surface area contributed by atoms with E-state index in [1.807, 2.05) is 0 Å². The van der Waals surface area contributed by atoms with E-state index >= 15 is 0 Å². The van der Waals surface area contributed by atoms with Gasteiger partial charge in [-0.15, -0.1) is 0 Å². The first-order chi connectivity index (χ1) is 7.26. The Hall–Kier alpha value is -1.09. The quantitative estimate of drug-likeness (QED) is 0.829. The topological polar surface area (TPSA) is 35.2 Å². The van der Waals surface area contributed by atoms with Crippen LogP contribution in [-0.4, -0.2) is 13.7 Å². The molecule has 82 valence electrons. The van der Waals surface area contributed by atoms with Crippen LogP contribution in [0.25, 0.3) is 0 Å². The third-order valence-electron chi connectivity index (χ3n) is 3.31. The molecule has 0 amide bonds. The van der Waals surface area contributed by atoms with E-state index in [1.54, 1.807) is 19.2 Å². The standard InChI is InChI=1S/C12H16FNO/c1-15-12-5-3-9(13)6-11(12)10-4-2-8(10)7-14/h3,5-6,8,10H,2,4,7,14H2,1H3. The van der Waals surface area contributed by atoms with Crippen LogP contribution in [0.3, 0.4) is 0 Å². The van der Waals surface area contributed by atoms with Crippen LogP contribution in [0.5, 0.6) is 5.75 Å². The number of methoxy groups -OCH3 is 1. The van der Waals surface area contributed by atoms with Crippen molar-refractivity contribution in [1.29, 1.82) is 0 Å². The van der Waals surface area contributed by atoms with Crippen LogP contribution >= 0.6 is 0 Å². The van der Waals surface area contributed by atoms with Crippen LogP contribution in [0.4, 0.5) is 4.39 Å². The summed E-state index contributed by atoms with van der Waals surface area (Å²) >= 11 is 0. The van der Waals surface area contributed by atoms with E-state index in [0.717, 1.165) is 24.2 Å². The van der Waals surface area contributed by atoms with Crippen molar-refractivity contribution in [3.63, 3.8) is 0 Å². The number of rotatable bonds is 3. The lowest BCUT2D eigenvalue weighted by Gasteiger charge is -2.36. The van der Waals surface area contributed by atoms with Crippen molar-refractivity contribution >= 4 is 0 Å². The number of hydrogen-bond donors (Lipinski definition) is 1. The molecule has 0 spiro atoms. The second-order valence-electron chi connectivity index (χ2n) is 4.07. The fourth-order valence-corrected chi connectivity index (χ4v) is 2.26. The predicted octanol–water partition coefficient (Wildman–Crippen LogP) is 2.29. The number of halogens is 1. The van der Waals surface area contributed by atoms with Crippen LogP contribution in [0.15, 0.2) is 18.2 Å². The van der Waals surface area contributed by atoms with Crippen LogP contribution in [0.2, 0.25) is 0 Å². The molecule has 2 unspecified atom stereocenters. The highest BCUT2D eigenvalue weighted by molar-refractivity contribution is 5.38. The Morgan fingerprint density at radius 3 is 2.80 bits per heavy atom. The zero-order chi connectivity index (χ0) is 10.8. The molecule has 0 bridgehead atoms. The summed E-state index contributed by atoms with van der Waals surface area (Å²) in [6.07, 6.45) is 2.22. The van der Waals surface area contributed by atoms with E-state index in [4.69, 9.17) is 10.5 Å². The minimum atomic E-state index is -0.200. The summed E-state index contributed by atoms with van der Waals surface area (Å²) < 4.78 is 18.4. The molecule has 1 aliphatic carbocycles. The van der Waals surface area contributed by atoms with E-state index < -0.39 is 0 Å². The van der Waals surface area contributed by atoms with Gasteiger partial charge in [-0.05, 0) is 49.4 Å². The van der Waals surface area contributed by atoms with E-state index in [-0.39, 0.29) is 5.82 Å². The van der Waals surface area contributed by atoms with Gasteiger partial charge >= 0.3 is 0 Å². The lowest BCUT2D eigenvalue weighted by atomic mass is 9.70. The Kier molecular flexibility index (Phi) is 2.91. The molecule has 0 saturated heterocycles. The second-order valence-corrected chi connectivity index (χ2v) is 4.07. The molecule has 1 aromatic carbocycles. The molecule has 2 N–H and O–H groups in total. The van der Waals surface area contributed by atoms with Crippen LogP contribution in [-0.2, 0) is 0 Å². The monoisotopic (exact) mass is 209 g/mol. The highest BCUT2D eigenvalue weighted by Crippen LogP contribution is 2.45. The summed E-state index contributed by atoms with van der Waals surface area (Å²) in [6.45, 7) is 0.671. The molecule has 2 rings (SSSR count). The van der Waals surface area contributed by atoms with Gasteiger partial charge in [-0.2, -0.15) is 0 Å². The Labute approximate surface area is 89.2 Å². The molecular formula is C12H16FNO. The zero-order valence-corrected chi connectivity index (χ0v) is 8.87. The molecule has 2 atom stereocenters. The van der Waals surface area contributed by atoms with Crippen molar-refractivity contribution in [2.45, 2.75) is 18.8 Å². The van der Waals surface area contributed by atoms with Crippen molar-refractivity contribution in [2.24, 2.45) is 11.7 Å². The average Bonchev–Trinajstić information content (AvgIpc) is 2.17. The molecule has 15 heavy (non-hydrogen) atoms. The molecule has 0 aromatic heterocycles. The summed E-state index contributed by atoms with van der Waals surface area (Å²) in [7, 11) is 1.62. The van der Waals surface area contributed by atoms with Gasteiger partial charge < -0.3 is 10.5 Å². The first-order valence-corrected chi connectivity index (χ1v) is 5.29. The van der Waals surface area contributed by atoms with Crippen LogP contribution < -0.4 is 10.5 Å². The highest BCUT2D eigenvalue weighted by atomic mass is 19.1. The summed E-state index contributed by atoms with van der Waals surface area (Å²) in [6, 6.07) is 4.69. The average molecular weight is 209 g/mol. The van der Waals surface area contributed by atoms with E-state index in [0.29, 0.717) is 18.4 Å². The fraction of sp³-hybridized carbons (Fsp3) is 0.500. The number of benzene rings is 1. The Morgan fingerprint density at radius 2 is 2.27 bits per heavy atom. The van der Waals surface area contributed by atoms with Crippen molar-refractivity contribution in [2.75, 3.05) is 13.7 Å². The van der Waals surface area contributed by atoms with Crippen LogP contribution in [0.1, 0.15) is 24.3 Å². The molecule has 3 heteroatoms. The minimum absolute atomic E-state index is 0.200. The van der Waals surface area contributed by atoms with Gasteiger partial charge in [-0.3, -0.25) is 0 Å². The largest absolute Gasteiger partial charge is 0.496 e. The van der Waals surface area contributed by atoms with Crippen molar-refractivity contribution in [3.05, 3.63) is 29.6 Å². The Balaban J connectivity index is 2.29. The molecular weight excluding hydrogens is 193 g/mol. The maximum atomic E-state index is 13.1. The number of nitrogens with two attached hydrogens (primary N) is 1. The number of ether oxygens (including phenoxy) is 1. The fourth-order valence-electron chi connectivity index (χ4n) is 2.26. The molecule has 0 aliphatic heterocycles. The summed E-state index contributed by atoms with van der Waals surface area (Å²) in [5, 5.41) is 0. The third kappa shape index (κ3) is 1.84. The van der Waals surface area contributed by atoms with E-state index in [2.05, 4.69) is 0 Å². The number of hydrogen-bond acceptors (Lipinski definition) is 2. The smallest absolute Gasteiger partial charge is 0.123 e. The maximum Gasteiger partial charge on any atom is 0.123 e. The van der Waals surface area contributed by atoms with Gasteiger partial charge in [0.05, 0.1) is 7.11 Å². The van der Waals surface area contributed by atoms with Gasteiger partial charge in [0.2, 0.25) is 0 Å². The molecule has 2 nitrogen and oxygen atoms in total. The van der Waals surface area contributed by atoms with Crippen molar-refractivity contribution in [3.8, 4) is 5.75 Å². The Bertz CT molecular complexity index is 351. The minimum Gasteiger partial charge on any atom is -0.496 e. The highest BCUT2D eigenvalue weighted by Gasteiger charge is 2.32. The lowest BCUT2D eigenvalue weighted by Crippen LogP contribution is -2.30. The van der Waals surface area contributed by atoms with Crippen molar-refractivity contribution in [1.82, 2.24) is 0 Å². The van der Waals surface area contributed by atoms with Gasteiger partial charge in [0.15, 0.2) is 0 Å². The first-order valence-electron chi connectivity index (χ1n) is 5.29. The third-order valence-corrected chi connectivity index (χ3v) is 3.31. The summed E-state index contributed by atoms with van der Waals surface area (Å²) in [4.78, 5) is 0. The second kappa shape index (κ2) is 4.19. The first kappa shape index (κ1) is 10.4. The zero-order valence-electron chi connectivity index (χ0n) is 8.87. The molecule has 0 radical (unpaired) electrons. The van der Waals surface area contributed by atoms with E-state index in [9.17, 15) is 4.39 Å². The molecule has 1 aromatic rings. The normalized spacial score (nSPS) is 24.7. The van der Waals surface area contributed by atoms with Crippen LogP contribution in [0, 0.1) is 11.7 Å². The molecule has 1 aliphatic rings. The Morgan fingerprint density at radius 1 is 1.47 bits per heavy atom. The van der Waals surface area contributed by atoms with Gasteiger partial charge in [0.25, 0.3) is 0 Å². The van der Waals surface area contributed by atoms with Gasteiger partial charge in [0, 0.05) is 5.56 Å². The SMILES string of the molecule is COc1ccc(F)cc1C1CCC1CN. The maximum absolute atomic E-state index is 13.1. The van der Waals surface area contributed by atoms with Crippen molar-refractivity contribution < 1.29 is 9.13 Å².